The summed E-state index contributed by atoms with van der Waals surface area (Å²) in [5, 5.41) is 0. The lowest BCUT2D eigenvalue weighted by atomic mass is 9.29. The molecule has 0 bridgehead atoms. The van der Waals surface area contributed by atoms with Crippen LogP contribution in [0.2, 0.25) is 0 Å². The van der Waals surface area contributed by atoms with Crippen molar-refractivity contribution in [3.63, 3.8) is 0 Å². The Balaban J connectivity index is 0.827. The molecule has 0 N–H and O–H groups in total. The Hall–Kier alpha value is -13.9. The molecule has 16 aromatic rings. The minimum absolute atomic E-state index is 0.259. The lowest BCUT2D eigenvalue weighted by Crippen LogP contribution is -2.66. The van der Waals surface area contributed by atoms with E-state index >= 15 is 0 Å². The van der Waals surface area contributed by atoms with E-state index in [1.807, 2.05) is 0 Å². The van der Waals surface area contributed by atoms with Crippen molar-refractivity contribution in [1.29, 1.82) is 0 Å². The second-order valence-corrected chi connectivity index (χ2v) is 28.1. The van der Waals surface area contributed by atoms with E-state index in [-0.39, 0.29) is 20.1 Å². The van der Waals surface area contributed by atoms with Crippen LogP contribution in [0.15, 0.2) is 376 Å². The van der Waals surface area contributed by atoms with E-state index < -0.39 is 0 Å². The molecule has 22 rings (SSSR count). The van der Waals surface area contributed by atoms with Crippen LogP contribution >= 0.6 is 0 Å². The summed E-state index contributed by atoms with van der Waals surface area (Å²) in [7, 11) is 0. The Kier molecular flexibility index (Phi) is 13.8. The first-order valence-electron chi connectivity index (χ1n) is 36.7. The van der Waals surface area contributed by atoms with Crippen molar-refractivity contribution in [3.8, 4) is 56.8 Å². The second-order valence-electron chi connectivity index (χ2n) is 28.1. The van der Waals surface area contributed by atoms with Gasteiger partial charge in [0.25, 0.3) is 20.1 Å². The lowest BCUT2D eigenvalue weighted by Gasteiger charge is -2.46. The molecule has 11 heteroatoms. The summed E-state index contributed by atoms with van der Waals surface area (Å²) in [5.41, 5.74) is 29.7. The highest BCUT2D eigenvalue weighted by Crippen LogP contribution is 2.54. The summed E-state index contributed by atoms with van der Waals surface area (Å²) in [5.74, 6) is 4.73. The zero-order valence-electron chi connectivity index (χ0n) is 58.0. The number of rotatable bonds is 11. The van der Waals surface area contributed by atoms with Gasteiger partial charge in [0.05, 0.1) is 22.7 Å². The molecule has 0 aromatic heterocycles. The Labute approximate surface area is 622 Å². The predicted octanol–water partition coefficient (Wildman–Crippen LogP) is 19.2. The van der Waals surface area contributed by atoms with Gasteiger partial charge < -0.3 is 38.7 Å². The number of ether oxygens (including phenoxy) is 3. The fourth-order valence-electron chi connectivity index (χ4n) is 18.0. The molecule has 16 aromatic carbocycles. The van der Waals surface area contributed by atoms with Crippen LogP contribution in [0.1, 0.15) is 0 Å². The van der Waals surface area contributed by atoms with Crippen molar-refractivity contribution in [2.75, 3.05) is 24.5 Å². The number of nitrogens with zero attached hydrogens (tertiary/aromatic N) is 5. The SMILES string of the molecule is c1ccc(-c2ccccc2N(c2ccccc2)c2cc3c4c(c2)N(c2ccccc2)c2cc5c(cc2B4c2ccccc2O3)B2c3ccccc3Oc3c4c(cc(c32)N5c2ccccc2-c2ccccc2)Oc2cc(N(c3ccccc3)c3ccccc3)cc3c2B4c2ccccc2N3c2ccccc2)cc1. The molecule has 0 radical (unpaired) electrons. The molecule has 0 unspecified atom stereocenters. The third kappa shape index (κ3) is 9.47. The normalized spacial score (nSPS) is 13.2. The first-order valence-corrected chi connectivity index (χ1v) is 36.7. The van der Waals surface area contributed by atoms with E-state index in [2.05, 4.69) is 401 Å². The summed E-state index contributed by atoms with van der Waals surface area (Å²) < 4.78 is 23.3. The molecule has 6 aliphatic heterocycles. The van der Waals surface area contributed by atoms with Crippen LogP contribution in [0, 0.1) is 0 Å². The number of hydrogen-bond donors (Lipinski definition) is 0. The van der Waals surface area contributed by atoms with Gasteiger partial charge in [0.1, 0.15) is 34.5 Å². The summed E-state index contributed by atoms with van der Waals surface area (Å²) in [6.45, 7) is -0.916. The molecule has 0 fully saturated rings. The molecule has 0 saturated heterocycles. The van der Waals surface area contributed by atoms with Crippen LogP contribution < -0.4 is 87.9 Å². The fraction of sp³-hybridized carbons (Fsp3) is 0. The Morgan fingerprint density at radius 3 is 1.21 bits per heavy atom. The lowest BCUT2D eigenvalue weighted by molar-refractivity contribution is 0.469. The van der Waals surface area contributed by atoms with Crippen LogP contribution in [-0.4, -0.2) is 20.1 Å². The molecular weight excluding hydrogens is 1300 g/mol. The van der Waals surface area contributed by atoms with Crippen LogP contribution in [0.25, 0.3) is 22.3 Å². The number of benzene rings is 16. The third-order valence-corrected chi connectivity index (χ3v) is 22.3. The van der Waals surface area contributed by atoms with Gasteiger partial charge in [-0.3, -0.25) is 0 Å². The van der Waals surface area contributed by atoms with Gasteiger partial charge in [0.2, 0.25) is 0 Å². The minimum atomic E-state index is -0.334. The van der Waals surface area contributed by atoms with Gasteiger partial charge in [0, 0.05) is 97.4 Å². The average Bonchev–Trinajstić information content (AvgIpc) is 0.675. The van der Waals surface area contributed by atoms with Gasteiger partial charge in [-0.2, -0.15) is 0 Å². The van der Waals surface area contributed by atoms with Gasteiger partial charge in [0.15, 0.2) is 0 Å². The van der Waals surface area contributed by atoms with Gasteiger partial charge in [-0.25, -0.2) is 0 Å². The summed E-state index contributed by atoms with van der Waals surface area (Å²) in [4.78, 5) is 12.2. The van der Waals surface area contributed by atoms with Gasteiger partial charge in [-0.05, 0) is 164 Å². The zero-order chi connectivity index (χ0) is 70.2. The summed E-state index contributed by atoms with van der Waals surface area (Å²) in [6, 6.07) is 136. The smallest absolute Gasteiger partial charge is 0.261 e. The minimum Gasteiger partial charge on any atom is -0.459 e. The Morgan fingerprint density at radius 2 is 0.617 bits per heavy atom. The van der Waals surface area contributed by atoms with Crippen LogP contribution in [0.5, 0.6) is 34.5 Å². The molecule has 498 valence electrons. The molecular formula is C96H62B3N5O3. The highest BCUT2D eigenvalue weighted by molar-refractivity contribution is 7.04. The fourth-order valence-corrected chi connectivity index (χ4v) is 18.0. The van der Waals surface area contributed by atoms with Crippen molar-refractivity contribution < 1.29 is 14.2 Å². The van der Waals surface area contributed by atoms with E-state index in [1.165, 1.54) is 5.46 Å². The quantitative estimate of drug-likeness (QED) is 0.119. The molecule has 0 amide bonds. The molecule has 6 heterocycles. The van der Waals surface area contributed by atoms with Crippen molar-refractivity contribution in [3.05, 3.63) is 376 Å². The topological polar surface area (TPSA) is 43.9 Å². The molecule has 0 saturated carbocycles. The van der Waals surface area contributed by atoms with E-state index in [0.29, 0.717) is 0 Å². The first kappa shape index (κ1) is 60.7. The standard InChI is InChI=1S/C96H62B3N5O3/c1-8-32-63(33-9-1)72-46-22-27-51-79(72)101(67-40-16-5-17-41-67)71-57-84-92-89(59-71)105-87-54-30-25-49-75(87)97(92)77-60-78-83(61-82(77)103(84)69-44-20-7-21-45-69)104(80-52-28-23-47-73(80)64-34-10-2-11-35-64)86-62-91-95(96-94(86)98(78)76-50-26-31-55-88(76)107-96)99-74-48-24-29-53-81(74)102(68-42-18-6-19-43-68)85-56-70(58-90(106-91)93(85)99)100(65-36-12-3-13-37-65)66-38-14-4-15-39-66/h1-62H. The zero-order valence-corrected chi connectivity index (χ0v) is 58.0. The molecule has 0 atom stereocenters. The number of fused-ring (bicyclic) bond motifs is 13. The highest BCUT2D eigenvalue weighted by Gasteiger charge is 2.52. The van der Waals surface area contributed by atoms with Crippen molar-refractivity contribution in [2.45, 2.75) is 0 Å². The van der Waals surface area contributed by atoms with Gasteiger partial charge >= 0.3 is 0 Å². The van der Waals surface area contributed by atoms with Crippen LogP contribution in [0.3, 0.4) is 0 Å². The molecule has 6 aliphatic rings. The maximum atomic E-state index is 7.96. The monoisotopic (exact) mass is 1370 g/mol. The maximum absolute atomic E-state index is 7.96. The highest BCUT2D eigenvalue weighted by atomic mass is 16.5. The van der Waals surface area contributed by atoms with Crippen molar-refractivity contribution >= 4 is 155 Å². The van der Waals surface area contributed by atoms with Gasteiger partial charge in [-0.15, -0.1) is 0 Å². The summed E-state index contributed by atoms with van der Waals surface area (Å²) in [6.07, 6.45) is 0. The van der Waals surface area contributed by atoms with E-state index in [9.17, 15) is 0 Å². The third-order valence-electron chi connectivity index (χ3n) is 22.3. The number of anilines is 15. The van der Waals surface area contributed by atoms with Gasteiger partial charge in [-0.1, -0.05) is 249 Å². The second kappa shape index (κ2) is 24.4. The molecule has 8 nitrogen and oxygen atoms in total. The van der Waals surface area contributed by atoms with E-state index in [4.69, 9.17) is 14.2 Å². The van der Waals surface area contributed by atoms with Crippen LogP contribution in [-0.2, 0) is 0 Å². The molecule has 107 heavy (non-hydrogen) atoms. The van der Waals surface area contributed by atoms with Crippen molar-refractivity contribution in [1.82, 2.24) is 0 Å². The average molecular weight is 1370 g/mol. The largest absolute Gasteiger partial charge is 0.459 e. The predicted molar refractivity (Wildman–Crippen MR) is 444 cm³/mol. The van der Waals surface area contributed by atoms with Crippen LogP contribution in [0.4, 0.5) is 85.3 Å². The van der Waals surface area contributed by atoms with E-state index in [1.54, 1.807) is 0 Å². The molecule has 0 spiro atoms. The van der Waals surface area contributed by atoms with Crippen molar-refractivity contribution in [2.24, 2.45) is 0 Å². The Bertz CT molecular complexity index is 6200. The van der Waals surface area contributed by atoms with E-state index in [0.717, 1.165) is 186 Å². The summed E-state index contributed by atoms with van der Waals surface area (Å²) >= 11 is 0. The number of para-hydroxylation sites is 10. The first-order chi connectivity index (χ1) is 53.1. The Morgan fingerprint density at radius 1 is 0.215 bits per heavy atom. The molecule has 0 aliphatic carbocycles. The maximum Gasteiger partial charge on any atom is 0.261 e. The number of hydrogen-bond acceptors (Lipinski definition) is 8.